The molecule has 0 aromatic heterocycles. The van der Waals surface area contributed by atoms with Crippen molar-refractivity contribution in [3.63, 3.8) is 0 Å². The first-order valence-electron chi connectivity index (χ1n) is 7.92. The molecule has 1 saturated heterocycles. The number of nitrogens with zero attached hydrogens (tertiary/aromatic N) is 2. The van der Waals surface area contributed by atoms with Crippen LogP contribution >= 0.6 is 0 Å². The molecule has 1 N–H and O–H groups in total. The van der Waals surface area contributed by atoms with Crippen LogP contribution in [0.5, 0.6) is 5.75 Å². The quantitative estimate of drug-likeness (QED) is 0.641. The van der Waals surface area contributed by atoms with E-state index >= 15 is 0 Å². The van der Waals surface area contributed by atoms with Crippen LogP contribution in [0.4, 0.5) is 5.69 Å². The molecule has 1 heterocycles. The highest BCUT2D eigenvalue weighted by Crippen LogP contribution is 2.28. The maximum Gasteiger partial charge on any atom is 0.311 e. The topological polar surface area (TPSA) is 84.7 Å². The van der Waals surface area contributed by atoms with Crippen LogP contribution in [0.2, 0.25) is 0 Å². The van der Waals surface area contributed by atoms with E-state index in [2.05, 4.69) is 5.32 Å². The van der Waals surface area contributed by atoms with E-state index < -0.39 is 4.92 Å². The van der Waals surface area contributed by atoms with Gasteiger partial charge in [-0.05, 0) is 44.5 Å². The molecule has 0 spiro atoms. The van der Waals surface area contributed by atoms with Gasteiger partial charge in [-0.3, -0.25) is 14.9 Å². The van der Waals surface area contributed by atoms with Gasteiger partial charge < -0.3 is 15.0 Å². The molecule has 0 bridgehead atoms. The fourth-order valence-corrected chi connectivity index (χ4v) is 2.94. The normalized spacial score (nSPS) is 15.2. The minimum absolute atomic E-state index is 0.149. The van der Waals surface area contributed by atoms with E-state index in [1.807, 2.05) is 11.8 Å². The second kappa shape index (κ2) is 7.92. The Morgan fingerprint density at radius 2 is 2.13 bits per heavy atom. The smallest absolute Gasteiger partial charge is 0.311 e. The minimum atomic E-state index is -0.524. The summed E-state index contributed by atoms with van der Waals surface area (Å²) in [5, 5.41) is 14.4. The van der Waals surface area contributed by atoms with Gasteiger partial charge in [0, 0.05) is 24.2 Å². The van der Waals surface area contributed by atoms with Crippen molar-refractivity contribution in [3.05, 3.63) is 33.9 Å². The molecule has 1 aliphatic heterocycles. The number of nitro groups is 1. The molecule has 0 unspecified atom stereocenters. The van der Waals surface area contributed by atoms with Crippen molar-refractivity contribution in [3.8, 4) is 5.75 Å². The van der Waals surface area contributed by atoms with Crippen molar-refractivity contribution >= 4 is 11.6 Å². The molecule has 0 aliphatic carbocycles. The number of piperidine rings is 1. The number of nitrogens with one attached hydrogen (secondary N) is 1. The molecule has 126 valence electrons. The van der Waals surface area contributed by atoms with Crippen LogP contribution in [-0.2, 0) is 0 Å². The Labute approximate surface area is 135 Å². The van der Waals surface area contributed by atoms with Gasteiger partial charge >= 0.3 is 5.69 Å². The van der Waals surface area contributed by atoms with Crippen LogP contribution in [-0.4, -0.2) is 48.5 Å². The number of carbonyl (C=O) groups is 1. The zero-order valence-corrected chi connectivity index (χ0v) is 13.6. The lowest BCUT2D eigenvalue weighted by molar-refractivity contribution is -0.385. The minimum Gasteiger partial charge on any atom is -0.490 e. The van der Waals surface area contributed by atoms with E-state index in [0.717, 1.165) is 32.4 Å². The van der Waals surface area contributed by atoms with Crippen LogP contribution in [0.1, 0.15) is 36.5 Å². The maximum atomic E-state index is 12.9. The lowest BCUT2D eigenvalue weighted by Gasteiger charge is -2.34. The Bertz CT molecular complexity index is 570. The first-order chi connectivity index (χ1) is 11.1. The van der Waals surface area contributed by atoms with Gasteiger partial charge in [0.25, 0.3) is 5.91 Å². The summed E-state index contributed by atoms with van der Waals surface area (Å²) < 4.78 is 4.99. The lowest BCUT2D eigenvalue weighted by Crippen LogP contribution is -2.46. The molecule has 2 rings (SSSR count). The first-order valence-corrected chi connectivity index (χ1v) is 7.92. The van der Waals surface area contributed by atoms with E-state index in [9.17, 15) is 14.9 Å². The number of hydrogen-bond donors (Lipinski definition) is 1. The summed E-state index contributed by atoms with van der Waals surface area (Å²) in [6, 6.07) is 4.57. The summed E-state index contributed by atoms with van der Waals surface area (Å²) in [6.45, 7) is 4.46. The van der Waals surface area contributed by atoms with Crippen molar-refractivity contribution in [1.82, 2.24) is 10.2 Å². The third-order valence-corrected chi connectivity index (χ3v) is 4.10. The van der Waals surface area contributed by atoms with Crippen LogP contribution in [0, 0.1) is 10.1 Å². The summed E-state index contributed by atoms with van der Waals surface area (Å²) in [7, 11) is 1.38. The molecular formula is C16H23N3O4. The van der Waals surface area contributed by atoms with Crippen molar-refractivity contribution in [1.29, 1.82) is 0 Å². The SMILES string of the molecule is CCCN(C(=O)c1ccc(OC)c([N+](=O)[O-])c1)C1CCNCC1. The number of carbonyl (C=O) groups excluding carboxylic acids is 1. The molecule has 0 atom stereocenters. The van der Waals surface area contributed by atoms with Gasteiger partial charge in [-0.1, -0.05) is 6.92 Å². The summed E-state index contributed by atoms with van der Waals surface area (Å²) in [5.74, 6) is 0.0139. The molecule has 1 aromatic rings. The Hall–Kier alpha value is -2.15. The Morgan fingerprint density at radius 3 is 2.70 bits per heavy atom. The van der Waals surface area contributed by atoms with Gasteiger partial charge in [-0.2, -0.15) is 0 Å². The average Bonchev–Trinajstić information content (AvgIpc) is 2.59. The van der Waals surface area contributed by atoms with Crippen molar-refractivity contribution < 1.29 is 14.5 Å². The fraction of sp³-hybridized carbons (Fsp3) is 0.562. The fourth-order valence-electron chi connectivity index (χ4n) is 2.94. The average molecular weight is 321 g/mol. The van der Waals surface area contributed by atoms with Crippen LogP contribution in [0.15, 0.2) is 18.2 Å². The highest BCUT2D eigenvalue weighted by Gasteiger charge is 2.27. The van der Waals surface area contributed by atoms with E-state index in [-0.39, 0.29) is 23.4 Å². The molecule has 1 fully saturated rings. The zero-order chi connectivity index (χ0) is 16.8. The van der Waals surface area contributed by atoms with Gasteiger partial charge in [-0.15, -0.1) is 0 Å². The largest absolute Gasteiger partial charge is 0.490 e. The molecule has 1 aromatic carbocycles. The van der Waals surface area contributed by atoms with E-state index in [0.29, 0.717) is 12.1 Å². The van der Waals surface area contributed by atoms with Crippen LogP contribution in [0.3, 0.4) is 0 Å². The molecule has 7 nitrogen and oxygen atoms in total. The summed E-state index contributed by atoms with van der Waals surface area (Å²) in [4.78, 5) is 25.3. The third kappa shape index (κ3) is 3.98. The monoisotopic (exact) mass is 321 g/mol. The van der Waals surface area contributed by atoms with Crippen molar-refractivity contribution in [2.45, 2.75) is 32.2 Å². The van der Waals surface area contributed by atoms with Crippen molar-refractivity contribution in [2.24, 2.45) is 0 Å². The standard InChI is InChI=1S/C16H23N3O4/c1-3-10-18(13-6-8-17-9-7-13)16(20)12-4-5-15(23-2)14(11-12)19(21)22/h4-5,11,13,17H,3,6-10H2,1-2H3. The number of methoxy groups -OCH3 is 1. The van der Waals surface area contributed by atoms with Crippen LogP contribution in [0.25, 0.3) is 0 Å². The number of ether oxygens (including phenoxy) is 1. The van der Waals surface area contributed by atoms with Gasteiger partial charge in [0.1, 0.15) is 0 Å². The Balaban J connectivity index is 2.28. The number of rotatable bonds is 6. The van der Waals surface area contributed by atoms with Gasteiger partial charge in [-0.25, -0.2) is 0 Å². The maximum absolute atomic E-state index is 12.9. The highest BCUT2D eigenvalue weighted by molar-refractivity contribution is 5.95. The second-order valence-corrected chi connectivity index (χ2v) is 5.62. The molecule has 1 amide bonds. The summed E-state index contributed by atoms with van der Waals surface area (Å²) in [6.07, 6.45) is 2.67. The van der Waals surface area contributed by atoms with E-state index in [1.54, 1.807) is 6.07 Å². The number of hydrogen-bond acceptors (Lipinski definition) is 5. The molecule has 0 saturated carbocycles. The van der Waals surface area contributed by atoms with Gasteiger partial charge in [0.15, 0.2) is 5.75 Å². The van der Waals surface area contributed by atoms with E-state index in [4.69, 9.17) is 4.74 Å². The Kier molecular flexibility index (Phi) is 5.92. The van der Waals surface area contributed by atoms with Gasteiger partial charge in [0.2, 0.25) is 0 Å². The predicted octanol–water partition coefficient (Wildman–Crippen LogP) is 2.21. The summed E-state index contributed by atoms with van der Waals surface area (Å²) in [5.41, 5.74) is 0.157. The third-order valence-electron chi connectivity index (χ3n) is 4.10. The number of nitro benzene ring substituents is 1. The number of benzene rings is 1. The molecule has 23 heavy (non-hydrogen) atoms. The first kappa shape index (κ1) is 17.2. The number of amides is 1. The molecule has 7 heteroatoms. The zero-order valence-electron chi connectivity index (χ0n) is 13.6. The molecule has 1 aliphatic rings. The van der Waals surface area contributed by atoms with Gasteiger partial charge in [0.05, 0.1) is 12.0 Å². The second-order valence-electron chi connectivity index (χ2n) is 5.62. The molecule has 0 radical (unpaired) electrons. The summed E-state index contributed by atoms with van der Waals surface area (Å²) >= 11 is 0. The van der Waals surface area contributed by atoms with E-state index in [1.165, 1.54) is 19.2 Å². The van der Waals surface area contributed by atoms with Crippen molar-refractivity contribution in [2.75, 3.05) is 26.7 Å². The predicted molar refractivity (Wildman–Crippen MR) is 86.9 cm³/mol. The van der Waals surface area contributed by atoms with Crippen LogP contribution < -0.4 is 10.1 Å². The molecular weight excluding hydrogens is 298 g/mol. The lowest BCUT2D eigenvalue weighted by atomic mass is 10.0. The Morgan fingerprint density at radius 1 is 1.43 bits per heavy atom. The highest BCUT2D eigenvalue weighted by atomic mass is 16.6.